The molecule has 8 nitrogen and oxygen atoms in total. The highest BCUT2D eigenvalue weighted by Crippen LogP contribution is 2.15. The van der Waals surface area contributed by atoms with Crippen molar-refractivity contribution in [2.75, 3.05) is 5.32 Å². The summed E-state index contributed by atoms with van der Waals surface area (Å²) in [5.41, 5.74) is 1.46. The fourth-order valence-corrected chi connectivity index (χ4v) is 2.78. The Kier molecular flexibility index (Phi) is 4.33. The predicted octanol–water partition coefficient (Wildman–Crippen LogP) is 1.10. The van der Waals surface area contributed by atoms with E-state index in [1.165, 1.54) is 18.5 Å². The number of carbonyl (C=O) groups is 1. The zero-order valence-electron chi connectivity index (χ0n) is 15.0. The van der Waals surface area contributed by atoms with Gasteiger partial charge in [0.2, 0.25) is 5.91 Å². The molecule has 1 N–H and O–H groups in total. The monoisotopic (exact) mass is 353 g/mol. The molecule has 0 aliphatic heterocycles. The molecule has 134 valence electrons. The van der Waals surface area contributed by atoms with Crippen LogP contribution in [0.4, 0.5) is 5.69 Å². The van der Waals surface area contributed by atoms with E-state index in [2.05, 4.69) is 10.3 Å². The molecule has 8 heteroatoms. The van der Waals surface area contributed by atoms with Gasteiger partial charge in [-0.15, -0.1) is 0 Å². The normalized spacial score (nSPS) is 11.4. The Morgan fingerprint density at radius 3 is 2.50 bits per heavy atom. The van der Waals surface area contributed by atoms with E-state index < -0.39 is 5.69 Å². The summed E-state index contributed by atoms with van der Waals surface area (Å²) in [5.74, 6) is 0.404. The van der Waals surface area contributed by atoms with Gasteiger partial charge in [0.25, 0.3) is 5.56 Å². The molecule has 0 saturated carbocycles. The molecule has 1 aromatic carbocycles. The summed E-state index contributed by atoms with van der Waals surface area (Å²) in [7, 11) is 4.76. The van der Waals surface area contributed by atoms with Gasteiger partial charge in [0.15, 0.2) is 11.2 Å². The number of carbonyl (C=O) groups excluding carboxylic acids is 1. The largest absolute Gasteiger partial charge is 0.332 e. The third kappa shape index (κ3) is 2.97. The topological polar surface area (TPSA) is 90.9 Å². The highest BCUT2D eigenvalue weighted by Gasteiger charge is 2.15. The first-order valence-corrected chi connectivity index (χ1v) is 7.97. The molecule has 26 heavy (non-hydrogen) atoms. The smallest absolute Gasteiger partial charge is 0.326 e. The second-order valence-corrected chi connectivity index (χ2v) is 6.05. The molecule has 0 aliphatic carbocycles. The summed E-state index contributed by atoms with van der Waals surface area (Å²) >= 11 is 0. The van der Waals surface area contributed by atoms with Crippen LogP contribution in [0, 0.1) is 0 Å². The van der Waals surface area contributed by atoms with Gasteiger partial charge in [-0.2, -0.15) is 0 Å². The predicted molar refractivity (Wildman–Crippen MR) is 101 cm³/mol. The summed E-state index contributed by atoms with van der Waals surface area (Å²) in [4.78, 5) is 40.0. The average Bonchev–Trinajstić information content (AvgIpc) is 2.93. The number of hydrogen-bond acceptors (Lipinski definition) is 4. The van der Waals surface area contributed by atoms with Crippen LogP contribution in [0.15, 0.2) is 33.9 Å². The molecule has 0 saturated heterocycles. The number of nitrogens with one attached hydrogen (secondary N) is 1. The Balaban J connectivity index is 2.06. The molecule has 0 aliphatic rings. The number of aryl methyl sites for hydroxylation is 2. The first-order valence-electron chi connectivity index (χ1n) is 7.97. The van der Waals surface area contributed by atoms with Gasteiger partial charge in [-0.05, 0) is 23.8 Å². The Morgan fingerprint density at radius 1 is 1.08 bits per heavy atom. The van der Waals surface area contributed by atoms with Gasteiger partial charge in [-0.25, -0.2) is 9.78 Å². The molecule has 3 aromatic rings. The van der Waals surface area contributed by atoms with Gasteiger partial charge < -0.3 is 9.88 Å². The average molecular weight is 353 g/mol. The standard InChI is InChI=1S/C18H19N5O3/c1-11(24)19-13-7-5-6-12(10-13)8-9-14-20-16-15(21(14)2)17(25)23(4)18(26)22(16)3/h5-10H,1-4H3,(H,19,24). The molecule has 0 atom stereocenters. The van der Waals surface area contributed by atoms with E-state index in [9.17, 15) is 14.4 Å². The second kappa shape index (κ2) is 6.47. The van der Waals surface area contributed by atoms with Crippen molar-refractivity contribution in [3.63, 3.8) is 0 Å². The van der Waals surface area contributed by atoms with Crippen molar-refractivity contribution in [3.05, 3.63) is 56.5 Å². The number of aromatic nitrogens is 4. The maximum atomic E-state index is 12.4. The van der Waals surface area contributed by atoms with Crippen LogP contribution in [0.5, 0.6) is 0 Å². The lowest BCUT2D eigenvalue weighted by molar-refractivity contribution is -0.114. The van der Waals surface area contributed by atoms with Crippen molar-refractivity contribution in [2.45, 2.75) is 6.92 Å². The number of fused-ring (bicyclic) bond motifs is 1. The summed E-state index contributed by atoms with van der Waals surface area (Å²) in [6.07, 6.45) is 3.59. The van der Waals surface area contributed by atoms with E-state index >= 15 is 0 Å². The fourth-order valence-electron chi connectivity index (χ4n) is 2.78. The molecule has 3 rings (SSSR count). The number of anilines is 1. The number of hydrogen-bond donors (Lipinski definition) is 1. The van der Waals surface area contributed by atoms with Crippen molar-refractivity contribution < 1.29 is 4.79 Å². The highest BCUT2D eigenvalue weighted by atomic mass is 16.2. The minimum absolute atomic E-state index is 0.141. The van der Waals surface area contributed by atoms with Gasteiger partial charge >= 0.3 is 5.69 Å². The first-order chi connectivity index (χ1) is 12.3. The van der Waals surface area contributed by atoms with Crippen molar-refractivity contribution in [2.24, 2.45) is 21.1 Å². The molecule has 2 heterocycles. The van der Waals surface area contributed by atoms with Gasteiger partial charge in [-0.1, -0.05) is 18.2 Å². The summed E-state index contributed by atoms with van der Waals surface area (Å²) in [5, 5.41) is 2.73. The molecule has 0 fully saturated rings. The Bertz CT molecular complexity index is 1160. The zero-order valence-corrected chi connectivity index (χ0v) is 15.0. The number of amides is 1. The number of rotatable bonds is 3. The van der Waals surface area contributed by atoms with Crippen molar-refractivity contribution in [1.82, 2.24) is 18.7 Å². The Labute approximate surface area is 149 Å². The lowest BCUT2D eigenvalue weighted by Crippen LogP contribution is -2.37. The van der Waals surface area contributed by atoms with Crippen LogP contribution < -0.4 is 16.6 Å². The van der Waals surface area contributed by atoms with Crippen LogP contribution in [0.25, 0.3) is 23.3 Å². The van der Waals surface area contributed by atoms with Gasteiger partial charge in [-0.3, -0.25) is 18.7 Å². The van der Waals surface area contributed by atoms with Crippen molar-refractivity contribution >= 4 is 34.9 Å². The third-order valence-corrected chi connectivity index (χ3v) is 4.14. The Morgan fingerprint density at radius 2 is 1.81 bits per heavy atom. The zero-order chi connectivity index (χ0) is 19.0. The molecule has 2 aromatic heterocycles. The van der Waals surface area contributed by atoms with Crippen molar-refractivity contribution in [3.8, 4) is 0 Å². The Hall–Kier alpha value is -3.42. The van der Waals surface area contributed by atoms with E-state index in [4.69, 9.17) is 0 Å². The van der Waals surface area contributed by atoms with Gasteiger partial charge in [0, 0.05) is 33.8 Å². The number of imidazole rings is 1. The van der Waals surface area contributed by atoms with Crippen LogP contribution in [-0.4, -0.2) is 24.6 Å². The molecule has 1 amide bonds. The molecular weight excluding hydrogens is 334 g/mol. The highest BCUT2D eigenvalue weighted by molar-refractivity contribution is 5.89. The molecule has 0 radical (unpaired) electrons. The first kappa shape index (κ1) is 17.4. The minimum atomic E-state index is -0.417. The van der Waals surface area contributed by atoms with E-state index in [1.54, 1.807) is 30.8 Å². The third-order valence-electron chi connectivity index (χ3n) is 4.14. The molecule has 0 spiro atoms. The minimum Gasteiger partial charge on any atom is -0.326 e. The van der Waals surface area contributed by atoms with Gasteiger partial charge in [0.1, 0.15) is 5.82 Å². The maximum Gasteiger partial charge on any atom is 0.332 e. The van der Waals surface area contributed by atoms with E-state index in [1.807, 2.05) is 24.3 Å². The van der Waals surface area contributed by atoms with E-state index in [0.29, 0.717) is 22.7 Å². The summed E-state index contributed by atoms with van der Waals surface area (Å²) in [6.45, 7) is 1.45. The second-order valence-electron chi connectivity index (χ2n) is 6.05. The fraction of sp³-hybridized carbons (Fsp3) is 0.222. The number of benzene rings is 1. The maximum absolute atomic E-state index is 12.4. The SMILES string of the molecule is CC(=O)Nc1cccc(C=Cc2nc3c(c(=O)n(C)c(=O)n3C)n2C)c1. The molecule has 0 bridgehead atoms. The quantitative estimate of drug-likeness (QED) is 0.763. The number of nitrogens with zero attached hydrogens (tertiary/aromatic N) is 4. The van der Waals surface area contributed by atoms with Crippen LogP contribution in [0.1, 0.15) is 18.3 Å². The van der Waals surface area contributed by atoms with Crippen LogP contribution in [0.3, 0.4) is 0 Å². The van der Waals surface area contributed by atoms with Crippen molar-refractivity contribution in [1.29, 1.82) is 0 Å². The summed E-state index contributed by atoms with van der Waals surface area (Å²) in [6, 6.07) is 7.35. The van der Waals surface area contributed by atoms with E-state index in [-0.39, 0.29) is 11.5 Å². The lowest BCUT2D eigenvalue weighted by Gasteiger charge is -2.03. The summed E-state index contributed by atoms with van der Waals surface area (Å²) < 4.78 is 4.07. The molecule has 0 unspecified atom stereocenters. The molecular formula is C18H19N5O3. The van der Waals surface area contributed by atoms with Crippen LogP contribution in [-0.2, 0) is 25.9 Å². The van der Waals surface area contributed by atoms with Gasteiger partial charge in [0.05, 0.1) is 0 Å². The van der Waals surface area contributed by atoms with Crippen LogP contribution in [0.2, 0.25) is 0 Å². The van der Waals surface area contributed by atoms with E-state index in [0.717, 1.165) is 10.1 Å². The van der Waals surface area contributed by atoms with Crippen LogP contribution >= 0.6 is 0 Å². The lowest BCUT2D eigenvalue weighted by atomic mass is 10.2.